The molecule has 0 bridgehead atoms. The number of hydrogen-bond donors (Lipinski definition) is 1. The summed E-state index contributed by atoms with van der Waals surface area (Å²) in [7, 11) is 0. The quantitative estimate of drug-likeness (QED) is 0.520. The Morgan fingerprint density at radius 2 is 2.00 bits per heavy atom. The van der Waals surface area contributed by atoms with Crippen LogP contribution in [0.5, 0.6) is 5.19 Å². The number of anilines is 1. The number of nitrogens with one attached hydrogen (secondary N) is 1. The van der Waals surface area contributed by atoms with Crippen LogP contribution in [0, 0.1) is 0 Å². The number of carbonyl (C=O) groups is 1. The van der Waals surface area contributed by atoms with Crippen LogP contribution in [0.25, 0.3) is 5.69 Å². The molecule has 4 rings (SSSR count). The van der Waals surface area contributed by atoms with Crippen LogP contribution in [-0.2, 0) is 6.61 Å². The van der Waals surface area contributed by atoms with Gasteiger partial charge < -0.3 is 4.74 Å². The highest BCUT2D eigenvalue weighted by molar-refractivity contribution is 7.17. The molecule has 8 nitrogen and oxygen atoms in total. The van der Waals surface area contributed by atoms with Crippen LogP contribution in [0.15, 0.2) is 61.3 Å². The molecule has 0 atom stereocenters. The molecule has 1 N–H and O–H groups in total. The number of nitrogens with zero attached hydrogens (tertiary/aromatic N) is 5. The minimum absolute atomic E-state index is 0.327. The molecule has 0 saturated heterocycles. The normalized spacial score (nSPS) is 10.6. The van der Waals surface area contributed by atoms with Crippen molar-refractivity contribution in [3.63, 3.8) is 0 Å². The van der Waals surface area contributed by atoms with E-state index in [0.29, 0.717) is 27.6 Å². The van der Waals surface area contributed by atoms with E-state index in [4.69, 9.17) is 16.3 Å². The summed E-state index contributed by atoms with van der Waals surface area (Å²) in [6, 6.07) is 10.9. The lowest BCUT2D eigenvalue weighted by atomic mass is 10.2. The first-order valence-electron chi connectivity index (χ1n) is 8.14. The highest BCUT2D eigenvalue weighted by atomic mass is 35.5. The fraction of sp³-hybridized carbons (Fsp3) is 0.0556. The second-order valence-electron chi connectivity index (χ2n) is 5.60. The summed E-state index contributed by atoms with van der Waals surface area (Å²) in [5.41, 5.74) is 2.03. The van der Waals surface area contributed by atoms with E-state index in [0.717, 1.165) is 22.6 Å². The Labute approximate surface area is 168 Å². The van der Waals surface area contributed by atoms with Crippen LogP contribution in [0.3, 0.4) is 0 Å². The van der Waals surface area contributed by atoms with Crippen molar-refractivity contribution in [2.75, 3.05) is 5.32 Å². The molecule has 0 aliphatic carbocycles. The van der Waals surface area contributed by atoms with E-state index in [1.807, 2.05) is 18.2 Å². The standard InChI is InChI=1S/C18H13ClN6O2S/c19-13-5-3-12(4-6-13)10-27-18-24-23-17(28-18)22-16(26)15-9-21-11-25(15)14-2-1-7-20-8-14/h1-9,11H,10H2,(H,22,23,26). The number of aromatic nitrogens is 5. The Morgan fingerprint density at radius 1 is 1.14 bits per heavy atom. The van der Waals surface area contributed by atoms with Gasteiger partial charge in [0.15, 0.2) is 0 Å². The molecule has 10 heteroatoms. The van der Waals surface area contributed by atoms with Crippen LogP contribution >= 0.6 is 22.9 Å². The van der Waals surface area contributed by atoms with Gasteiger partial charge in [0.2, 0.25) is 5.13 Å². The van der Waals surface area contributed by atoms with Crippen molar-refractivity contribution in [1.82, 2.24) is 24.7 Å². The largest absolute Gasteiger partial charge is 0.464 e. The van der Waals surface area contributed by atoms with E-state index >= 15 is 0 Å². The number of pyridine rings is 1. The maximum absolute atomic E-state index is 12.6. The summed E-state index contributed by atoms with van der Waals surface area (Å²) in [4.78, 5) is 20.7. The van der Waals surface area contributed by atoms with Gasteiger partial charge in [-0.2, -0.15) is 0 Å². The molecule has 1 aromatic carbocycles. The van der Waals surface area contributed by atoms with Gasteiger partial charge in [0.05, 0.1) is 24.4 Å². The molecule has 4 aromatic rings. The maximum Gasteiger partial charge on any atom is 0.296 e. The van der Waals surface area contributed by atoms with Gasteiger partial charge in [-0.15, -0.1) is 5.10 Å². The minimum atomic E-state index is -0.359. The molecule has 0 spiro atoms. The number of hydrogen-bond acceptors (Lipinski definition) is 7. The van der Waals surface area contributed by atoms with Gasteiger partial charge in [0.1, 0.15) is 12.3 Å². The minimum Gasteiger partial charge on any atom is -0.464 e. The zero-order valence-corrected chi connectivity index (χ0v) is 15.9. The topological polar surface area (TPSA) is 94.8 Å². The Kier molecular flexibility index (Phi) is 5.27. The van der Waals surface area contributed by atoms with Gasteiger partial charge in [0.25, 0.3) is 11.1 Å². The van der Waals surface area contributed by atoms with Crippen molar-refractivity contribution in [3.8, 4) is 10.9 Å². The number of benzene rings is 1. The van der Waals surface area contributed by atoms with E-state index in [2.05, 4.69) is 25.5 Å². The average molecular weight is 413 g/mol. The molecule has 0 saturated carbocycles. The Morgan fingerprint density at radius 3 is 2.79 bits per heavy atom. The molecule has 0 fully saturated rings. The number of rotatable bonds is 6. The highest BCUT2D eigenvalue weighted by Crippen LogP contribution is 2.24. The van der Waals surface area contributed by atoms with E-state index in [1.165, 1.54) is 6.20 Å². The molecule has 140 valence electrons. The summed E-state index contributed by atoms with van der Waals surface area (Å²) in [6.07, 6.45) is 6.33. The molecular formula is C18H13ClN6O2S. The zero-order chi connectivity index (χ0) is 19.3. The molecule has 28 heavy (non-hydrogen) atoms. The van der Waals surface area contributed by atoms with Crippen molar-refractivity contribution in [1.29, 1.82) is 0 Å². The predicted molar refractivity (Wildman–Crippen MR) is 105 cm³/mol. The molecule has 3 aromatic heterocycles. The van der Waals surface area contributed by atoms with Gasteiger partial charge in [0, 0.05) is 11.2 Å². The Bertz CT molecular complexity index is 1080. The summed E-state index contributed by atoms with van der Waals surface area (Å²) in [6.45, 7) is 0.327. The first-order valence-corrected chi connectivity index (χ1v) is 9.33. The second kappa shape index (κ2) is 8.15. The van der Waals surface area contributed by atoms with Gasteiger partial charge in [-0.05, 0) is 41.2 Å². The van der Waals surface area contributed by atoms with Crippen molar-refractivity contribution in [2.45, 2.75) is 6.61 Å². The Balaban J connectivity index is 1.41. The van der Waals surface area contributed by atoms with Crippen LogP contribution in [0.4, 0.5) is 5.13 Å². The van der Waals surface area contributed by atoms with Gasteiger partial charge in [-0.3, -0.25) is 19.7 Å². The van der Waals surface area contributed by atoms with Crippen LogP contribution in [-0.4, -0.2) is 30.6 Å². The molecule has 3 heterocycles. The van der Waals surface area contributed by atoms with E-state index in [1.54, 1.807) is 41.5 Å². The smallest absolute Gasteiger partial charge is 0.296 e. The number of ether oxygens (including phenoxy) is 1. The highest BCUT2D eigenvalue weighted by Gasteiger charge is 2.16. The van der Waals surface area contributed by atoms with Gasteiger partial charge >= 0.3 is 0 Å². The third-order valence-corrected chi connectivity index (χ3v) is 4.70. The monoisotopic (exact) mass is 412 g/mol. The number of imidazole rings is 1. The van der Waals surface area contributed by atoms with Crippen LogP contribution in [0.2, 0.25) is 5.02 Å². The molecule has 0 radical (unpaired) electrons. The van der Waals surface area contributed by atoms with E-state index in [9.17, 15) is 4.79 Å². The fourth-order valence-electron chi connectivity index (χ4n) is 2.37. The third kappa shape index (κ3) is 4.16. The van der Waals surface area contributed by atoms with Crippen molar-refractivity contribution >= 4 is 34.0 Å². The maximum atomic E-state index is 12.6. The molecule has 0 aliphatic rings. The lowest BCUT2D eigenvalue weighted by Gasteiger charge is -2.06. The van der Waals surface area contributed by atoms with Gasteiger partial charge in [-0.1, -0.05) is 28.8 Å². The summed E-state index contributed by atoms with van der Waals surface area (Å²) < 4.78 is 7.24. The summed E-state index contributed by atoms with van der Waals surface area (Å²) >= 11 is 7.00. The van der Waals surface area contributed by atoms with E-state index < -0.39 is 0 Å². The fourth-order valence-corrected chi connectivity index (χ4v) is 3.09. The van der Waals surface area contributed by atoms with Crippen molar-refractivity contribution in [3.05, 3.63) is 77.6 Å². The van der Waals surface area contributed by atoms with Gasteiger partial charge in [-0.25, -0.2) is 4.98 Å². The molecule has 1 amide bonds. The number of carbonyl (C=O) groups excluding carboxylic acids is 1. The summed E-state index contributed by atoms with van der Waals surface area (Å²) in [5, 5.41) is 11.9. The van der Waals surface area contributed by atoms with Crippen molar-refractivity contribution < 1.29 is 9.53 Å². The molecule has 0 unspecified atom stereocenters. The third-order valence-electron chi connectivity index (χ3n) is 3.70. The van der Waals surface area contributed by atoms with Crippen LogP contribution < -0.4 is 10.1 Å². The van der Waals surface area contributed by atoms with E-state index in [-0.39, 0.29) is 5.91 Å². The lowest BCUT2D eigenvalue weighted by molar-refractivity contribution is 0.102. The molecule has 0 aliphatic heterocycles. The zero-order valence-electron chi connectivity index (χ0n) is 14.3. The van der Waals surface area contributed by atoms with Crippen molar-refractivity contribution in [2.24, 2.45) is 0 Å². The lowest BCUT2D eigenvalue weighted by Crippen LogP contribution is -2.16. The van der Waals surface area contributed by atoms with Crippen LogP contribution in [0.1, 0.15) is 16.1 Å². The summed E-state index contributed by atoms with van der Waals surface area (Å²) in [5.74, 6) is -0.359. The SMILES string of the molecule is O=C(Nc1nnc(OCc2ccc(Cl)cc2)s1)c1cncn1-c1cccnc1. The molecular weight excluding hydrogens is 400 g/mol. The second-order valence-corrected chi connectivity index (χ2v) is 6.98. The number of halogens is 1. The average Bonchev–Trinajstić information content (AvgIpc) is 3.38. The Hall–Kier alpha value is -3.30. The predicted octanol–water partition coefficient (Wildman–Crippen LogP) is 3.60. The first kappa shape index (κ1) is 18.1. The first-order chi connectivity index (χ1) is 13.7. The number of amides is 1.